The molecular formula is C15H15F3N2O3. The highest BCUT2D eigenvalue weighted by molar-refractivity contribution is 5.94. The van der Waals surface area contributed by atoms with Gasteiger partial charge in [-0.15, -0.1) is 13.2 Å². The molecule has 2 aliphatic heterocycles. The number of piperidine rings is 1. The number of nitrogens with one attached hydrogen (secondary N) is 1. The molecule has 0 bridgehead atoms. The fraction of sp³-hybridized carbons (Fsp3) is 0.467. The zero-order valence-corrected chi connectivity index (χ0v) is 12.1. The summed E-state index contributed by atoms with van der Waals surface area (Å²) in [4.78, 5) is 25.4. The number of likely N-dealkylation sites (tertiary alicyclic amines) is 1. The Hall–Kier alpha value is -2.25. The van der Waals surface area contributed by atoms with Gasteiger partial charge >= 0.3 is 6.36 Å². The van der Waals surface area contributed by atoms with Gasteiger partial charge in [0.15, 0.2) is 0 Å². The first kappa shape index (κ1) is 15.6. The molecule has 124 valence electrons. The molecule has 2 heterocycles. The normalized spacial score (nSPS) is 24.1. The van der Waals surface area contributed by atoms with Crippen molar-refractivity contribution in [3.8, 4) is 5.75 Å². The fourth-order valence-electron chi connectivity index (χ4n) is 3.13. The van der Waals surface area contributed by atoms with Crippen molar-refractivity contribution in [3.63, 3.8) is 0 Å². The van der Waals surface area contributed by atoms with E-state index in [-0.39, 0.29) is 29.3 Å². The van der Waals surface area contributed by atoms with Gasteiger partial charge in [-0.2, -0.15) is 0 Å². The molecule has 1 aromatic rings. The van der Waals surface area contributed by atoms with Crippen LogP contribution in [0.25, 0.3) is 0 Å². The number of halogens is 3. The maximum atomic E-state index is 12.5. The molecule has 1 N–H and O–H groups in total. The number of carbonyl (C=O) groups is 2. The van der Waals surface area contributed by atoms with Crippen LogP contribution in [0.3, 0.4) is 0 Å². The number of ether oxygens (including phenoxy) is 1. The summed E-state index contributed by atoms with van der Waals surface area (Å²) in [6, 6.07) is 5.12. The third-order valence-corrected chi connectivity index (χ3v) is 4.13. The predicted octanol–water partition coefficient (Wildman–Crippen LogP) is 1.94. The maximum absolute atomic E-state index is 12.5. The lowest BCUT2D eigenvalue weighted by Crippen LogP contribution is -2.47. The second-order valence-corrected chi connectivity index (χ2v) is 5.75. The minimum Gasteiger partial charge on any atom is -0.406 e. The van der Waals surface area contributed by atoms with Gasteiger partial charge < -0.3 is 15.0 Å². The topological polar surface area (TPSA) is 58.6 Å². The van der Waals surface area contributed by atoms with Gasteiger partial charge in [-0.3, -0.25) is 9.59 Å². The number of rotatable bonds is 2. The number of amides is 2. The second-order valence-electron chi connectivity index (χ2n) is 5.75. The lowest BCUT2D eigenvalue weighted by molar-refractivity contribution is -0.274. The van der Waals surface area contributed by atoms with Crippen molar-refractivity contribution in [2.75, 3.05) is 13.1 Å². The molecule has 3 rings (SSSR count). The number of nitrogens with zero attached hydrogens (tertiary/aromatic N) is 1. The number of benzene rings is 1. The molecule has 2 amide bonds. The molecular weight excluding hydrogens is 313 g/mol. The van der Waals surface area contributed by atoms with E-state index in [2.05, 4.69) is 10.1 Å². The highest BCUT2D eigenvalue weighted by Crippen LogP contribution is 2.28. The molecule has 2 fully saturated rings. The quantitative estimate of drug-likeness (QED) is 0.903. The Balaban J connectivity index is 1.71. The van der Waals surface area contributed by atoms with Gasteiger partial charge in [-0.05, 0) is 24.6 Å². The van der Waals surface area contributed by atoms with Crippen LogP contribution >= 0.6 is 0 Å². The summed E-state index contributed by atoms with van der Waals surface area (Å²) in [6.45, 7) is 0.886. The van der Waals surface area contributed by atoms with Gasteiger partial charge in [0, 0.05) is 37.0 Å². The van der Waals surface area contributed by atoms with E-state index in [0.717, 1.165) is 12.1 Å². The number of alkyl halides is 3. The summed E-state index contributed by atoms with van der Waals surface area (Å²) in [6.07, 6.45) is -3.76. The van der Waals surface area contributed by atoms with Crippen LogP contribution < -0.4 is 10.1 Å². The molecule has 0 spiro atoms. The van der Waals surface area contributed by atoms with E-state index in [0.29, 0.717) is 25.9 Å². The molecule has 0 aliphatic carbocycles. The van der Waals surface area contributed by atoms with Gasteiger partial charge in [0.2, 0.25) is 5.91 Å². The van der Waals surface area contributed by atoms with E-state index in [4.69, 9.17) is 0 Å². The molecule has 8 heteroatoms. The predicted molar refractivity (Wildman–Crippen MR) is 73.7 cm³/mol. The van der Waals surface area contributed by atoms with E-state index in [9.17, 15) is 22.8 Å². The molecule has 2 aliphatic rings. The largest absolute Gasteiger partial charge is 0.573 e. The van der Waals surface area contributed by atoms with E-state index >= 15 is 0 Å². The Bertz CT molecular complexity index is 633. The van der Waals surface area contributed by atoms with Crippen molar-refractivity contribution < 1.29 is 27.5 Å². The van der Waals surface area contributed by atoms with Crippen LogP contribution in [0.2, 0.25) is 0 Å². The van der Waals surface area contributed by atoms with Crippen LogP contribution in [0.4, 0.5) is 13.2 Å². The lowest BCUT2D eigenvalue weighted by atomic mass is 9.93. The molecule has 0 radical (unpaired) electrons. The molecule has 23 heavy (non-hydrogen) atoms. The molecule has 0 unspecified atom stereocenters. The van der Waals surface area contributed by atoms with Crippen molar-refractivity contribution in [3.05, 3.63) is 29.8 Å². The van der Waals surface area contributed by atoms with E-state index < -0.39 is 12.1 Å². The lowest BCUT2D eigenvalue weighted by Gasteiger charge is -2.34. The number of fused-ring (bicyclic) bond motifs is 1. The molecule has 0 aromatic heterocycles. The van der Waals surface area contributed by atoms with Crippen molar-refractivity contribution >= 4 is 11.8 Å². The molecule has 1 aromatic carbocycles. The Kier molecular flexibility index (Phi) is 3.91. The minimum atomic E-state index is -4.80. The Morgan fingerprint density at radius 1 is 1.35 bits per heavy atom. The smallest absolute Gasteiger partial charge is 0.406 e. The van der Waals surface area contributed by atoms with Crippen molar-refractivity contribution in [1.29, 1.82) is 0 Å². The van der Waals surface area contributed by atoms with E-state index in [1.54, 1.807) is 4.90 Å². The summed E-state index contributed by atoms with van der Waals surface area (Å²) in [7, 11) is 0. The summed E-state index contributed by atoms with van der Waals surface area (Å²) in [5.41, 5.74) is 0.141. The van der Waals surface area contributed by atoms with Gasteiger partial charge in [-0.1, -0.05) is 6.07 Å². The van der Waals surface area contributed by atoms with Gasteiger partial charge in [0.05, 0.1) is 0 Å². The minimum absolute atomic E-state index is 0.0186. The third-order valence-electron chi connectivity index (χ3n) is 4.13. The summed E-state index contributed by atoms with van der Waals surface area (Å²) in [5.74, 6) is -0.726. The summed E-state index contributed by atoms with van der Waals surface area (Å²) >= 11 is 0. The Labute approximate surface area is 130 Å². The van der Waals surface area contributed by atoms with E-state index in [1.165, 1.54) is 12.1 Å². The number of hydrogen-bond acceptors (Lipinski definition) is 3. The average Bonchev–Trinajstić information content (AvgIpc) is 2.84. The van der Waals surface area contributed by atoms with Crippen molar-refractivity contribution in [2.24, 2.45) is 5.92 Å². The van der Waals surface area contributed by atoms with Gasteiger partial charge in [0.1, 0.15) is 5.75 Å². The molecule has 0 saturated carbocycles. The highest BCUT2D eigenvalue weighted by Gasteiger charge is 2.38. The Morgan fingerprint density at radius 2 is 2.13 bits per heavy atom. The third kappa shape index (κ3) is 3.57. The van der Waals surface area contributed by atoms with E-state index in [1.807, 2.05) is 0 Å². The zero-order chi connectivity index (χ0) is 16.6. The van der Waals surface area contributed by atoms with Crippen molar-refractivity contribution in [2.45, 2.75) is 25.2 Å². The van der Waals surface area contributed by atoms with Crippen LogP contribution in [0.15, 0.2) is 24.3 Å². The van der Waals surface area contributed by atoms with Crippen molar-refractivity contribution in [1.82, 2.24) is 10.2 Å². The first-order chi connectivity index (χ1) is 10.8. The molecule has 5 nitrogen and oxygen atoms in total. The monoisotopic (exact) mass is 328 g/mol. The second kappa shape index (κ2) is 5.75. The number of hydrogen-bond donors (Lipinski definition) is 1. The zero-order valence-electron chi connectivity index (χ0n) is 12.1. The fourth-order valence-corrected chi connectivity index (χ4v) is 3.13. The average molecular weight is 328 g/mol. The Morgan fingerprint density at radius 3 is 2.87 bits per heavy atom. The van der Waals surface area contributed by atoms with Crippen LogP contribution in [0.1, 0.15) is 23.2 Å². The standard InChI is InChI=1S/C15H15F3N2O3/c16-15(17,18)23-11-3-1-2-9(6-11)14(22)20-5-4-12-10(8-20)7-13(21)19-12/h1-3,6,10,12H,4-5,7-8H2,(H,19,21)/t10-,12+/m1/s1. The van der Waals surface area contributed by atoms with Crippen LogP contribution in [-0.2, 0) is 4.79 Å². The molecule has 2 atom stereocenters. The SMILES string of the molecule is O=C1C[C@@H]2CN(C(=O)c3cccc(OC(F)(F)F)c3)CC[C@@H]2N1. The van der Waals surface area contributed by atoms with Crippen LogP contribution in [-0.4, -0.2) is 42.2 Å². The number of carbonyl (C=O) groups excluding carboxylic acids is 2. The van der Waals surface area contributed by atoms with Gasteiger partial charge in [-0.25, -0.2) is 0 Å². The first-order valence-electron chi connectivity index (χ1n) is 7.26. The van der Waals surface area contributed by atoms with Gasteiger partial charge in [0.25, 0.3) is 5.91 Å². The highest BCUT2D eigenvalue weighted by atomic mass is 19.4. The van der Waals surface area contributed by atoms with Crippen LogP contribution in [0.5, 0.6) is 5.75 Å². The maximum Gasteiger partial charge on any atom is 0.573 e. The first-order valence-corrected chi connectivity index (χ1v) is 7.26. The van der Waals surface area contributed by atoms with Crippen LogP contribution in [0, 0.1) is 5.92 Å². The molecule has 2 saturated heterocycles. The summed E-state index contributed by atoms with van der Waals surface area (Å²) in [5, 5.41) is 2.87. The summed E-state index contributed by atoms with van der Waals surface area (Å²) < 4.78 is 40.6.